The number of pyridine rings is 1. The topological polar surface area (TPSA) is 38.7 Å². The number of fused-ring (bicyclic) bond motifs is 1. The molecule has 0 aliphatic rings. The van der Waals surface area contributed by atoms with E-state index < -0.39 is 0 Å². The minimum atomic E-state index is 0.826. The van der Waals surface area contributed by atoms with Crippen molar-refractivity contribution < 1.29 is 0 Å². The Hall–Kier alpha value is -1.81. The molecule has 3 rings (SSSR count). The fourth-order valence-electron chi connectivity index (χ4n) is 2.17. The molecule has 0 saturated carbocycles. The van der Waals surface area contributed by atoms with E-state index >= 15 is 0 Å². The van der Waals surface area contributed by atoms with Crippen LogP contribution in [0.5, 0.6) is 0 Å². The lowest BCUT2D eigenvalue weighted by molar-refractivity contribution is 0.831. The lowest BCUT2D eigenvalue weighted by Gasteiger charge is -2.06. The Balaban J connectivity index is 2.10. The van der Waals surface area contributed by atoms with E-state index in [9.17, 15) is 0 Å². The summed E-state index contributed by atoms with van der Waals surface area (Å²) in [5, 5.41) is 1.14. The van der Waals surface area contributed by atoms with Crippen LogP contribution in [0.2, 0.25) is 0 Å². The summed E-state index contributed by atoms with van der Waals surface area (Å²) in [6, 6.07) is 12.2. The van der Waals surface area contributed by atoms with Gasteiger partial charge in [0.05, 0.1) is 11.2 Å². The zero-order valence-electron chi connectivity index (χ0n) is 11.2. The van der Waals surface area contributed by atoms with Gasteiger partial charge in [0, 0.05) is 23.6 Å². The normalized spacial score (nSPS) is 10.9. The number of aryl methyl sites for hydroxylation is 1. The summed E-state index contributed by atoms with van der Waals surface area (Å²) in [7, 11) is 0. The Kier molecular flexibility index (Phi) is 3.74. The zero-order chi connectivity index (χ0) is 13.9. The highest BCUT2D eigenvalue weighted by atomic mass is 79.9. The molecule has 0 N–H and O–H groups in total. The summed E-state index contributed by atoms with van der Waals surface area (Å²) in [4.78, 5) is 13.4. The first kappa shape index (κ1) is 13.2. The smallest absolute Gasteiger partial charge is 0.130 e. The molecule has 1 aromatic carbocycles. The Bertz CT molecular complexity index is 756. The summed E-state index contributed by atoms with van der Waals surface area (Å²) in [5.74, 6) is 0.873. The van der Waals surface area contributed by atoms with Gasteiger partial charge in [0.2, 0.25) is 0 Å². The van der Waals surface area contributed by atoms with Gasteiger partial charge in [0.25, 0.3) is 0 Å². The highest BCUT2D eigenvalue weighted by Gasteiger charge is 2.06. The highest BCUT2D eigenvalue weighted by Crippen LogP contribution is 2.24. The van der Waals surface area contributed by atoms with Crippen LogP contribution in [-0.4, -0.2) is 15.0 Å². The largest absolute Gasteiger partial charge is 0.256 e. The molecular weight excluding hydrogens is 314 g/mol. The summed E-state index contributed by atoms with van der Waals surface area (Å²) in [5.41, 5.74) is 2.98. The molecular formula is C16H14BrN3. The maximum Gasteiger partial charge on any atom is 0.130 e. The predicted molar refractivity (Wildman–Crippen MR) is 84.5 cm³/mol. The molecule has 20 heavy (non-hydrogen) atoms. The van der Waals surface area contributed by atoms with Crippen LogP contribution in [0.15, 0.2) is 47.2 Å². The van der Waals surface area contributed by atoms with E-state index in [-0.39, 0.29) is 0 Å². The first-order valence-electron chi connectivity index (χ1n) is 6.65. The van der Waals surface area contributed by atoms with Gasteiger partial charge in [-0.3, -0.25) is 4.98 Å². The quantitative estimate of drug-likeness (QED) is 0.669. The molecule has 0 saturated heterocycles. The van der Waals surface area contributed by atoms with Crippen LogP contribution in [0.3, 0.4) is 0 Å². The van der Waals surface area contributed by atoms with E-state index in [4.69, 9.17) is 0 Å². The second-order valence-electron chi connectivity index (χ2n) is 4.65. The molecule has 4 heteroatoms. The second-order valence-corrected chi connectivity index (χ2v) is 5.47. The summed E-state index contributed by atoms with van der Waals surface area (Å²) in [6.07, 6.45) is 3.73. The summed E-state index contributed by atoms with van der Waals surface area (Å²) in [6.45, 7) is 2.13. The Labute approximate surface area is 126 Å². The molecule has 0 amide bonds. The molecule has 3 aromatic rings. The van der Waals surface area contributed by atoms with Crippen LogP contribution in [-0.2, 0) is 6.42 Å². The average Bonchev–Trinajstić information content (AvgIpc) is 2.46. The maximum atomic E-state index is 4.63. The van der Waals surface area contributed by atoms with Crippen LogP contribution < -0.4 is 0 Å². The Morgan fingerprint density at radius 1 is 1.10 bits per heavy atom. The summed E-state index contributed by atoms with van der Waals surface area (Å²) >= 11 is 3.46. The van der Waals surface area contributed by atoms with Gasteiger partial charge in [-0.05, 0) is 40.5 Å². The molecule has 2 aromatic heterocycles. The third-order valence-electron chi connectivity index (χ3n) is 3.12. The van der Waals surface area contributed by atoms with E-state index in [0.717, 1.165) is 45.4 Å². The van der Waals surface area contributed by atoms with Gasteiger partial charge in [-0.25, -0.2) is 9.97 Å². The van der Waals surface area contributed by atoms with Gasteiger partial charge in [0.1, 0.15) is 10.4 Å². The van der Waals surface area contributed by atoms with Crippen molar-refractivity contribution in [1.82, 2.24) is 15.0 Å². The number of hydrogen-bond acceptors (Lipinski definition) is 3. The van der Waals surface area contributed by atoms with Crippen molar-refractivity contribution in [3.8, 4) is 11.3 Å². The number of nitrogens with zero attached hydrogens (tertiary/aromatic N) is 3. The third kappa shape index (κ3) is 2.70. The van der Waals surface area contributed by atoms with Crippen molar-refractivity contribution in [2.75, 3.05) is 0 Å². The minimum Gasteiger partial charge on any atom is -0.256 e. The molecule has 0 unspecified atom stereocenters. The second kappa shape index (κ2) is 5.67. The number of rotatable bonds is 3. The highest BCUT2D eigenvalue weighted by molar-refractivity contribution is 9.10. The van der Waals surface area contributed by atoms with Crippen molar-refractivity contribution >= 4 is 26.8 Å². The van der Waals surface area contributed by atoms with E-state index in [1.54, 1.807) is 0 Å². The number of aromatic nitrogens is 3. The molecule has 0 aliphatic carbocycles. The Morgan fingerprint density at radius 2 is 2.00 bits per heavy atom. The first-order valence-corrected chi connectivity index (χ1v) is 7.44. The lowest BCUT2D eigenvalue weighted by atomic mass is 10.1. The molecule has 0 radical (unpaired) electrons. The molecule has 3 nitrogen and oxygen atoms in total. The number of hydrogen-bond donors (Lipinski definition) is 0. The third-order valence-corrected chi connectivity index (χ3v) is 3.52. The van der Waals surface area contributed by atoms with Gasteiger partial charge < -0.3 is 0 Å². The molecule has 100 valence electrons. The van der Waals surface area contributed by atoms with Crippen LogP contribution >= 0.6 is 15.9 Å². The summed E-state index contributed by atoms with van der Waals surface area (Å²) < 4.78 is 0.826. The molecule has 0 fully saturated rings. The van der Waals surface area contributed by atoms with Crippen molar-refractivity contribution in [3.63, 3.8) is 0 Å². The van der Waals surface area contributed by atoms with E-state index in [2.05, 4.69) is 62.1 Å². The van der Waals surface area contributed by atoms with Gasteiger partial charge in [0.15, 0.2) is 0 Å². The van der Waals surface area contributed by atoms with Gasteiger partial charge in [-0.15, -0.1) is 0 Å². The monoisotopic (exact) mass is 327 g/mol. The molecule has 0 aliphatic heterocycles. The number of halogens is 1. The van der Waals surface area contributed by atoms with Crippen molar-refractivity contribution in [1.29, 1.82) is 0 Å². The molecule has 2 heterocycles. The SMILES string of the molecule is CCCc1nc(Br)cc(-c2ccc3cccnc3c2)n1. The van der Waals surface area contributed by atoms with Crippen LogP contribution in [0, 0.1) is 0 Å². The van der Waals surface area contributed by atoms with Gasteiger partial charge in [-0.1, -0.05) is 25.1 Å². The average molecular weight is 328 g/mol. The number of benzene rings is 1. The van der Waals surface area contributed by atoms with Crippen LogP contribution in [0.1, 0.15) is 19.2 Å². The lowest BCUT2D eigenvalue weighted by Crippen LogP contribution is -1.97. The molecule has 0 spiro atoms. The first-order chi connectivity index (χ1) is 9.76. The van der Waals surface area contributed by atoms with Gasteiger partial charge in [-0.2, -0.15) is 0 Å². The van der Waals surface area contributed by atoms with E-state index in [1.165, 1.54) is 0 Å². The Morgan fingerprint density at radius 3 is 2.85 bits per heavy atom. The van der Waals surface area contributed by atoms with Crippen LogP contribution in [0.25, 0.3) is 22.2 Å². The fraction of sp³-hybridized carbons (Fsp3) is 0.188. The minimum absolute atomic E-state index is 0.826. The zero-order valence-corrected chi connectivity index (χ0v) is 12.8. The van der Waals surface area contributed by atoms with Crippen LogP contribution in [0.4, 0.5) is 0 Å². The molecule has 0 atom stereocenters. The van der Waals surface area contributed by atoms with Crippen molar-refractivity contribution in [2.45, 2.75) is 19.8 Å². The van der Waals surface area contributed by atoms with Gasteiger partial charge >= 0.3 is 0 Å². The maximum absolute atomic E-state index is 4.63. The standard InChI is InChI=1S/C16H14BrN3/c1-2-4-16-19-14(10-15(17)20-16)12-7-6-11-5-3-8-18-13(11)9-12/h3,5-10H,2,4H2,1H3. The predicted octanol–water partition coefficient (Wildman–Crippen LogP) is 4.41. The van der Waals surface area contributed by atoms with E-state index in [1.807, 2.05) is 18.3 Å². The van der Waals surface area contributed by atoms with E-state index in [0.29, 0.717) is 0 Å². The van der Waals surface area contributed by atoms with Crippen molar-refractivity contribution in [2.24, 2.45) is 0 Å². The molecule has 0 bridgehead atoms. The van der Waals surface area contributed by atoms with Crippen molar-refractivity contribution in [3.05, 3.63) is 53.0 Å². The fourth-order valence-corrected chi connectivity index (χ4v) is 2.60.